The maximum atomic E-state index is 11.9. The van der Waals surface area contributed by atoms with Crippen LogP contribution in [0.1, 0.15) is 33.3 Å². The van der Waals surface area contributed by atoms with Crippen LogP contribution in [0.3, 0.4) is 0 Å². The molecule has 0 spiro atoms. The van der Waals surface area contributed by atoms with Gasteiger partial charge in [0.1, 0.15) is 10.8 Å². The van der Waals surface area contributed by atoms with Gasteiger partial charge in [0.25, 0.3) is 5.91 Å². The minimum Gasteiger partial charge on any atom is -0.382 e. The minimum absolute atomic E-state index is 0.157. The Hall–Kier alpha value is -2.02. The van der Waals surface area contributed by atoms with Gasteiger partial charge >= 0.3 is 0 Å². The quantitative estimate of drug-likeness (QED) is 0.870. The lowest BCUT2D eigenvalue weighted by atomic mass is 10.3. The molecule has 2 aromatic rings. The third-order valence-electron chi connectivity index (χ3n) is 2.27. The Balaban J connectivity index is 2.05. The van der Waals surface area contributed by atoms with Crippen LogP contribution in [0, 0.1) is 6.92 Å². The van der Waals surface area contributed by atoms with Gasteiger partial charge in [-0.05, 0) is 26.0 Å². The summed E-state index contributed by atoms with van der Waals surface area (Å²) in [6.45, 7) is 3.85. The molecule has 0 aliphatic rings. The lowest BCUT2D eigenvalue weighted by Gasteiger charge is -2.10. The summed E-state index contributed by atoms with van der Waals surface area (Å²) < 4.78 is 0. The Morgan fingerprint density at radius 1 is 1.44 bits per heavy atom. The first-order valence-electron chi connectivity index (χ1n) is 5.38. The lowest BCUT2D eigenvalue weighted by molar-refractivity contribution is 0.0934. The zero-order valence-corrected chi connectivity index (χ0v) is 10.9. The van der Waals surface area contributed by atoms with E-state index in [1.165, 1.54) is 6.07 Å². The number of rotatable bonds is 3. The average molecular weight is 263 g/mol. The van der Waals surface area contributed by atoms with Crippen molar-refractivity contribution in [2.24, 2.45) is 0 Å². The first-order valence-corrected chi connectivity index (χ1v) is 6.20. The fourth-order valence-electron chi connectivity index (χ4n) is 1.37. The molecule has 2 rings (SSSR count). The molecule has 3 N–H and O–H groups in total. The monoisotopic (exact) mass is 263 g/mol. The molecule has 6 nitrogen and oxygen atoms in total. The van der Waals surface area contributed by atoms with Gasteiger partial charge in [0.15, 0.2) is 5.69 Å². The van der Waals surface area contributed by atoms with E-state index in [4.69, 9.17) is 5.73 Å². The van der Waals surface area contributed by atoms with Gasteiger partial charge in [-0.15, -0.1) is 21.5 Å². The van der Waals surface area contributed by atoms with Crippen molar-refractivity contribution in [2.75, 3.05) is 5.73 Å². The van der Waals surface area contributed by atoms with Gasteiger partial charge in [-0.3, -0.25) is 4.79 Å². The van der Waals surface area contributed by atoms with Crippen molar-refractivity contribution < 1.29 is 4.79 Å². The van der Waals surface area contributed by atoms with Crippen LogP contribution in [0.15, 0.2) is 18.3 Å². The summed E-state index contributed by atoms with van der Waals surface area (Å²) in [5, 5.41) is 11.0. The minimum atomic E-state index is -0.289. The fourth-order valence-corrected chi connectivity index (χ4v) is 2.14. The molecule has 0 bridgehead atoms. The first-order chi connectivity index (χ1) is 8.56. The van der Waals surface area contributed by atoms with Crippen LogP contribution in [-0.4, -0.2) is 21.1 Å². The summed E-state index contributed by atoms with van der Waals surface area (Å²) in [7, 11) is 0. The molecule has 0 aliphatic carbocycles. The number of amides is 1. The van der Waals surface area contributed by atoms with Gasteiger partial charge in [-0.2, -0.15) is 0 Å². The summed E-state index contributed by atoms with van der Waals surface area (Å²) in [5.41, 5.74) is 5.65. The number of nitrogen functional groups attached to an aromatic ring is 1. The SMILES string of the molecule is Cc1cnc(C(C)NC(=O)c2ccc(N)nn2)s1. The number of thiazole rings is 1. The smallest absolute Gasteiger partial charge is 0.272 e. The van der Waals surface area contributed by atoms with Crippen molar-refractivity contribution in [3.05, 3.63) is 33.9 Å². The number of carbonyl (C=O) groups is 1. The second-order valence-electron chi connectivity index (χ2n) is 3.85. The van der Waals surface area contributed by atoms with Crippen LogP contribution in [0.4, 0.5) is 5.82 Å². The summed E-state index contributed by atoms with van der Waals surface area (Å²) in [6.07, 6.45) is 1.78. The third kappa shape index (κ3) is 2.80. The standard InChI is InChI=1S/C11H13N5OS/c1-6-5-13-11(18-6)7(2)14-10(17)8-3-4-9(12)16-15-8/h3-5,7H,1-2H3,(H2,12,16)(H,14,17). The molecule has 1 unspecified atom stereocenters. The number of hydrogen-bond acceptors (Lipinski definition) is 6. The van der Waals surface area contributed by atoms with Gasteiger partial charge in [-0.25, -0.2) is 4.98 Å². The molecule has 1 atom stereocenters. The number of nitrogens with one attached hydrogen (secondary N) is 1. The van der Waals surface area contributed by atoms with Gasteiger partial charge in [0, 0.05) is 11.1 Å². The van der Waals surface area contributed by atoms with E-state index in [-0.39, 0.29) is 23.5 Å². The molecular formula is C11H13N5OS. The second-order valence-corrected chi connectivity index (χ2v) is 5.11. The van der Waals surface area contributed by atoms with Crippen LogP contribution in [-0.2, 0) is 0 Å². The summed E-state index contributed by atoms with van der Waals surface area (Å²) in [5.74, 6) is -0.00185. The number of aryl methyl sites for hydroxylation is 1. The number of nitrogens with two attached hydrogens (primary N) is 1. The molecule has 0 radical (unpaired) electrons. The second kappa shape index (κ2) is 5.09. The Morgan fingerprint density at radius 2 is 2.22 bits per heavy atom. The lowest BCUT2D eigenvalue weighted by Crippen LogP contribution is -2.27. The first kappa shape index (κ1) is 12.4. The van der Waals surface area contributed by atoms with Gasteiger partial charge in [-0.1, -0.05) is 0 Å². The van der Waals surface area contributed by atoms with Crippen molar-refractivity contribution >= 4 is 23.1 Å². The maximum Gasteiger partial charge on any atom is 0.272 e. The number of carbonyl (C=O) groups excluding carboxylic acids is 1. The number of aromatic nitrogens is 3. The Bertz CT molecular complexity index is 551. The molecule has 0 aliphatic heterocycles. The third-order valence-corrected chi connectivity index (χ3v) is 3.37. The van der Waals surface area contributed by atoms with Crippen molar-refractivity contribution in [3.8, 4) is 0 Å². The number of anilines is 1. The molecule has 94 valence electrons. The van der Waals surface area contributed by atoms with Crippen LogP contribution >= 0.6 is 11.3 Å². The van der Waals surface area contributed by atoms with Gasteiger partial charge in [0.2, 0.25) is 0 Å². The highest BCUT2D eigenvalue weighted by molar-refractivity contribution is 7.11. The van der Waals surface area contributed by atoms with Gasteiger partial charge in [0.05, 0.1) is 6.04 Å². The number of hydrogen-bond donors (Lipinski definition) is 2. The Labute approximate surface area is 108 Å². The highest BCUT2D eigenvalue weighted by Gasteiger charge is 2.15. The van der Waals surface area contributed by atoms with E-state index in [0.29, 0.717) is 0 Å². The van der Waals surface area contributed by atoms with E-state index in [1.54, 1.807) is 23.6 Å². The summed E-state index contributed by atoms with van der Waals surface area (Å²) in [6, 6.07) is 2.92. The van der Waals surface area contributed by atoms with E-state index in [2.05, 4.69) is 20.5 Å². The Morgan fingerprint density at radius 3 is 2.78 bits per heavy atom. The van der Waals surface area contributed by atoms with Crippen molar-refractivity contribution in [1.29, 1.82) is 0 Å². The van der Waals surface area contributed by atoms with E-state index in [1.807, 2.05) is 13.8 Å². The predicted molar refractivity (Wildman–Crippen MR) is 69.2 cm³/mol. The van der Waals surface area contributed by atoms with E-state index in [0.717, 1.165) is 9.88 Å². The van der Waals surface area contributed by atoms with Crippen LogP contribution in [0.5, 0.6) is 0 Å². The molecule has 2 heterocycles. The van der Waals surface area contributed by atoms with E-state index >= 15 is 0 Å². The zero-order valence-electron chi connectivity index (χ0n) is 10.0. The molecule has 7 heteroatoms. The molecule has 18 heavy (non-hydrogen) atoms. The van der Waals surface area contributed by atoms with E-state index in [9.17, 15) is 4.79 Å². The van der Waals surface area contributed by atoms with Crippen molar-refractivity contribution in [1.82, 2.24) is 20.5 Å². The molecule has 0 saturated carbocycles. The molecule has 2 aromatic heterocycles. The summed E-state index contributed by atoms with van der Waals surface area (Å²) in [4.78, 5) is 17.2. The summed E-state index contributed by atoms with van der Waals surface area (Å²) >= 11 is 1.55. The normalized spacial score (nSPS) is 12.1. The Kier molecular flexibility index (Phi) is 3.52. The molecule has 0 fully saturated rings. The van der Waals surface area contributed by atoms with Crippen LogP contribution in [0.25, 0.3) is 0 Å². The predicted octanol–water partition coefficient (Wildman–Crippen LogP) is 1.31. The van der Waals surface area contributed by atoms with Crippen LogP contribution in [0.2, 0.25) is 0 Å². The van der Waals surface area contributed by atoms with Crippen molar-refractivity contribution in [3.63, 3.8) is 0 Å². The van der Waals surface area contributed by atoms with Crippen molar-refractivity contribution in [2.45, 2.75) is 19.9 Å². The molecule has 0 saturated heterocycles. The molecular weight excluding hydrogens is 250 g/mol. The maximum absolute atomic E-state index is 11.9. The zero-order chi connectivity index (χ0) is 13.1. The average Bonchev–Trinajstić information content (AvgIpc) is 2.76. The van der Waals surface area contributed by atoms with Gasteiger partial charge < -0.3 is 11.1 Å². The highest BCUT2D eigenvalue weighted by Crippen LogP contribution is 2.19. The fraction of sp³-hybridized carbons (Fsp3) is 0.273. The van der Waals surface area contributed by atoms with E-state index < -0.39 is 0 Å². The number of nitrogens with zero attached hydrogens (tertiary/aromatic N) is 3. The highest BCUT2D eigenvalue weighted by atomic mass is 32.1. The topological polar surface area (TPSA) is 93.8 Å². The largest absolute Gasteiger partial charge is 0.382 e. The van der Waals surface area contributed by atoms with Crippen LogP contribution < -0.4 is 11.1 Å². The molecule has 0 aromatic carbocycles. The molecule has 1 amide bonds.